The SMILES string of the molecule is CC(C)=CCN(F)C(=O)[C@@H]1C[C@H]2C[C@H]2N1C(=O)OC(C)(C)C. The third-order valence-electron chi connectivity index (χ3n) is 3.89. The second-order valence-electron chi connectivity index (χ2n) is 7.37. The normalized spacial score (nSPS) is 26.3. The monoisotopic (exact) mass is 312 g/mol. The van der Waals surface area contributed by atoms with Crippen LogP contribution in [0.5, 0.6) is 0 Å². The Morgan fingerprint density at radius 1 is 1.32 bits per heavy atom. The van der Waals surface area contributed by atoms with Crippen LogP contribution in [-0.2, 0) is 9.53 Å². The summed E-state index contributed by atoms with van der Waals surface area (Å²) in [4.78, 5) is 26.0. The lowest BCUT2D eigenvalue weighted by Gasteiger charge is -2.30. The summed E-state index contributed by atoms with van der Waals surface area (Å²) in [6.45, 7) is 8.93. The van der Waals surface area contributed by atoms with Crippen LogP contribution in [0.2, 0.25) is 0 Å². The first-order valence-corrected chi connectivity index (χ1v) is 7.72. The van der Waals surface area contributed by atoms with Crippen molar-refractivity contribution in [2.24, 2.45) is 5.92 Å². The van der Waals surface area contributed by atoms with Gasteiger partial charge in [0.1, 0.15) is 11.6 Å². The van der Waals surface area contributed by atoms with Crippen molar-refractivity contribution in [3.05, 3.63) is 11.6 Å². The lowest BCUT2D eigenvalue weighted by Crippen LogP contribution is -2.49. The van der Waals surface area contributed by atoms with E-state index in [-0.39, 0.29) is 17.7 Å². The fourth-order valence-corrected chi connectivity index (χ4v) is 2.77. The van der Waals surface area contributed by atoms with Crippen LogP contribution in [0.1, 0.15) is 47.5 Å². The van der Waals surface area contributed by atoms with Gasteiger partial charge in [-0.2, -0.15) is 5.12 Å². The summed E-state index contributed by atoms with van der Waals surface area (Å²) in [5.74, 6) is -0.353. The number of allylic oxidation sites excluding steroid dienone is 1. The Kier molecular flexibility index (Phi) is 4.49. The summed E-state index contributed by atoms with van der Waals surface area (Å²) >= 11 is 0. The molecule has 2 amide bonds. The number of halogens is 1. The van der Waals surface area contributed by atoms with E-state index in [9.17, 15) is 14.1 Å². The van der Waals surface area contributed by atoms with Gasteiger partial charge in [0.05, 0.1) is 6.54 Å². The number of nitrogens with zero attached hydrogens (tertiary/aromatic N) is 2. The Balaban J connectivity index is 2.05. The Labute approximate surface area is 131 Å². The molecule has 0 aromatic carbocycles. The standard InChI is InChI=1S/C16H25FN2O3/c1-10(2)6-7-18(17)14(20)13-9-11-8-12(11)19(13)15(21)22-16(3,4)5/h6,11-13H,7-9H2,1-5H3/t11-,12-,13+/m1/s1. The largest absolute Gasteiger partial charge is 0.444 e. The molecule has 1 aliphatic heterocycles. The van der Waals surface area contributed by atoms with E-state index < -0.39 is 23.6 Å². The van der Waals surface area contributed by atoms with Crippen LogP contribution < -0.4 is 0 Å². The molecule has 1 aliphatic carbocycles. The lowest BCUT2D eigenvalue weighted by molar-refractivity contribution is -0.150. The highest BCUT2D eigenvalue weighted by Gasteiger charge is 2.57. The molecule has 1 saturated heterocycles. The highest BCUT2D eigenvalue weighted by molar-refractivity contribution is 5.86. The number of rotatable bonds is 3. The van der Waals surface area contributed by atoms with E-state index >= 15 is 0 Å². The Morgan fingerprint density at radius 3 is 2.50 bits per heavy atom. The van der Waals surface area contributed by atoms with Crippen LogP contribution in [-0.4, -0.2) is 46.3 Å². The summed E-state index contributed by atoms with van der Waals surface area (Å²) in [5.41, 5.74) is 0.309. The van der Waals surface area contributed by atoms with Gasteiger partial charge in [-0.05, 0) is 53.4 Å². The van der Waals surface area contributed by atoms with Crippen molar-refractivity contribution in [1.82, 2.24) is 10.0 Å². The van der Waals surface area contributed by atoms with Gasteiger partial charge in [-0.25, -0.2) is 4.79 Å². The summed E-state index contributed by atoms with van der Waals surface area (Å²) in [7, 11) is 0. The van der Waals surface area contributed by atoms with Gasteiger partial charge in [0, 0.05) is 6.04 Å². The number of hydrogen-bond acceptors (Lipinski definition) is 3. The van der Waals surface area contributed by atoms with Crippen LogP contribution in [0.25, 0.3) is 0 Å². The molecule has 2 fully saturated rings. The van der Waals surface area contributed by atoms with Gasteiger partial charge < -0.3 is 4.74 Å². The molecule has 6 heteroatoms. The topological polar surface area (TPSA) is 49.9 Å². The average Bonchev–Trinajstić information content (AvgIpc) is 3.03. The maximum atomic E-state index is 14.0. The fraction of sp³-hybridized carbons (Fsp3) is 0.750. The molecule has 0 radical (unpaired) electrons. The molecule has 0 spiro atoms. The van der Waals surface area contributed by atoms with Gasteiger partial charge in [0.2, 0.25) is 0 Å². The molecule has 1 heterocycles. The zero-order chi connectivity index (χ0) is 16.7. The molecule has 22 heavy (non-hydrogen) atoms. The van der Waals surface area contributed by atoms with Crippen molar-refractivity contribution in [2.75, 3.05) is 6.54 Å². The average molecular weight is 312 g/mol. The van der Waals surface area contributed by atoms with Gasteiger partial charge >= 0.3 is 6.09 Å². The highest BCUT2D eigenvalue weighted by Crippen LogP contribution is 2.48. The Bertz CT molecular complexity index is 494. The number of ether oxygens (including phenoxy) is 1. The van der Waals surface area contributed by atoms with Crippen LogP contribution in [0, 0.1) is 5.92 Å². The van der Waals surface area contributed by atoms with E-state index in [4.69, 9.17) is 4.74 Å². The summed E-state index contributed by atoms with van der Waals surface area (Å²) in [6.07, 6.45) is 2.53. The van der Waals surface area contributed by atoms with Crippen molar-refractivity contribution in [3.8, 4) is 0 Å². The minimum atomic E-state index is -0.742. The van der Waals surface area contributed by atoms with Crippen LogP contribution in [0.4, 0.5) is 9.28 Å². The minimum Gasteiger partial charge on any atom is -0.444 e. The number of hydrogen-bond donors (Lipinski definition) is 0. The predicted molar refractivity (Wildman–Crippen MR) is 80.6 cm³/mol. The van der Waals surface area contributed by atoms with Crippen molar-refractivity contribution in [2.45, 2.75) is 65.1 Å². The molecule has 2 rings (SSSR count). The number of piperidine rings is 1. The Morgan fingerprint density at radius 2 is 1.95 bits per heavy atom. The molecule has 1 saturated carbocycles. The van der Waals surface area contributed by atoms with E-state index in [0.29, 0.717) is 12.3 Å². The second kappa shape index (κ2) is 5.89. The molecule has 0 bridgehead atoms. The quantitative estimate of drug-likeness (QED) is 0.594. The fourth-order valence-electron chi connectivity index (χ4n) is 2.77. The zero-order valence-electron chi connectivity index (χ0n) is 13.9. The molecule has 2 aliphatic rings. The Hall–Kier alpha value is -1.59. The van der Waals surface area contributed by atoms with Gasteiger partial charge in [0.15, 0.2) is 0 Å². The smallest absolute Gasteiger partial charge is 0.411 e. The number of likely N-dealkylation sites (tertiary alicyclic amines) is 1. The summed E-state index contributed by atoms with van der Waals surface area (Å²) in [6, 6.07) is -0.713. The van der Waals surface area contributed by atoms with Crippen LogP contribution >= 0.6 is 0 Å². The molecular formula is C16H25FN2O3. The summed E-state index contributed by atoms with van der Waals surface area (Å²) in [5, 5.41) is 0.194. The molecule has 0 aromatic rings. The first-order chi connectivity index (χ1) is 10.1. The van der Waals surface area contributed by atoms with Gasteiger partial charge in [-0.3, -0.25) is 9.69 Å². The molecule has 0 aromatic heterocycles. The van der Waals surface area contributed by atoms with Crippen molar-refractivity contribution >= 4 is 12.0 Å². The first kappa shape index (κ1) is 16.8. The van der Waals surface area contributed by atoms with Crippen molar-refractivity contribution in [3.63, 3.8) is 0 Å². The number of fused-ring (bicyclic) bond motifs is 1. The molecule has 5 nitrogen and oxygen atoms in total. The second-order valence-corrected chi connectivity index (χ2v) is 7.37. The minimum absolute atomic E-state index is 0.0284. The lowest BCUT2D eigenvalue weighted by atomic mass is 10.1. The molecular weight excluding hydrogens is 287 g/mol. The van der Waals surface area contributed by atoms with E-state index in [0.717, 1.165) is 12.0 Å². The van der Waals surface area contributed by atoms with E-state index in [1.54, 1.807) is 26.8 Å². The van der Waals surface area contributed by atoms with E-state index in [1.807, 2.05) is 13.8 Å². The number of carbonyl (C=O) groups excluding carboxylic acids is 2. The molecule has 0 N–H and O–H groups in total. The van der Waals surface area contributed by atoms with Crippen molar-refractivity contribution < 1.29 is 18.8 Å². The first-order valence-electron chi connectivity index (χ1n) is 7.72. The van der Waals surface area contributed by atoms with Crippen molar-refractivity contribution in [1.29, 1.82) is 0 Å². The molecule has 124 valence electrons. The molecule has 3 atom stereocenters. The zero-order valence-corrected chi connectivity index (χ0v) is 13.9. The number of carbonyl (C=O) groups is 2. The van der Waals surface area contributed by atoms with Crippen LogP contribution in [0.3, 0.4) is 0 Å². The predicted octanol–water partition coefficient (Wildman–Crippen LogP) is 3.06. The van der Waals surface area contributed by atoms with Crippen LogP contribution in [0.15, 0.2) is 11.6 Å². The maximum Gasteiger partial charge on any atom is 0.411 e. The van der Waals surface area contributed by atoms with E-state index in [1.165, 1.54) is 4.90 Å². The van der Waals surface area contributed by atoms with Gasteiger partial charge in [-0.1, -0.05) is 16.1 Å². The van der Waals surface area contributed by atoms with Gasteiger partial charge in [-0.15, -0.1) is 0 Å². The maximum absolute atomic E-state index is 14.0. The third kappa shape index (κ3) is 3.78. The third-order valence-corrected chi connectivity index (χ3v) is 3.89. The summed E-state index contributed by atoms with van der Waals surface area (Å²) < 4.78 is 19.3. The van der Waals surface area contributed by atoms with Gasteiger partial charge in [0.25, 0.3) is 5.91 Å². The highest BCUT2D eigenvalue weighted by atomic mass is 19.2. The number of amides is 2. The van der Waals surface area contributed by atoms with E-state index in [2.05, 4.69) is 0 Å². The molecule has 0 unspecified atom stereocenters.